The van der Waals surface area contributed by atoms with Crippen molar-refractivity contribution in [3.63, 3.8) is 0 Å². The van der Waals surface area contributed by atoms with E-state index in [2.05, 4.69) is 5.32 Å². The lowest BCUT2D eigenvalue weighted by atomic mass is 9.95. The van der Waals surface area contributed by atoms with E-state index in [0.717, 1.165) is 0 Å². The summed E-state index contributed by atoms with van der Waals surface area (Å²) in [5.41, 5.74) is 5.06. The molecule has 0 aliphatic carbocycles. The quantitative estimate of drug-likeness (QED) is 0.536. The molecule has 0 saturated heterocycles. The molecule has 12 heavy (non-hydrogen) atoms. The Morgan fingerprint density at radius 1 is 1.67 bits per heavy atom. The van der Waals surface area contributed by atoms with Crippen LogP contribution in [0.15, 0.2) is 0 Å². The molecule has 0 heterocycles. The van der Waals surface area contributed by atoms with Crippen LogP contribution in [0.3, 0.4) is 0 Å². The highest BCUT2D eigenvalue weighted by atomic mass is 16.3. The number of aliphatic hydroxyl groups is 1. The van der Waals surface area contributed by atoms with Crippen molar-refractivity contribution < 1.29 is 9.90 Å². The highest BCUT2D eigenvalue weighted by molar-refractivity contribution is 5.80. The molecule has 0 radical (unpaired) electrons. The van der Waals surface area contributed by atoms with Gasteiger partial charge in [0.05, 0.1) is 6.04 Å². The third kappa shape index (κ3) is 4.31. The Bertz CT molecular complexity index is 155. The predicted molar refractivity (Wildman–Crippen MR) is 47.5 cm³/mol. The van der Waals surface area contributed by atoms with Gasteiger partial charge in [-0.25, -0.2) is 0 Å². The number of nitrogens with two attached hydrogens (primary N) is 1. The molecule has 4 nitrogen and oxygen atoms in total. The standard InChI is InChI=1S/C8H18N2O2/c1-6(9)7(12)10-4-8(2,3)5-11/h6,11H,4-5,9H2,1-3H3,(H,10,12)/t6-/m0/s1. The second-order valence-corrected chi connectivity index (χ2v) is 3.83. The number of hydrogen-bond acceptors (Lipinski definition) is 3. The van der Waals surface area contributed by atoms with Crippen LogP contribution in [0, 0.1) is 5.41 Å². The molecule has 0 aromatic rings. The second-order valence-electron chi connectivity index (χ2n) is 3.83. The number of aliphatic hydroxyl groups excluding tert-OH is 1. The number of nitrogens with one attached hydrogen (secondary N) is 1. The topological polar surface area (TPSA) is 75.4 Å². The van der Waals surface area contributed by atoms with Crippen LogP contribution in [0.5, 0.6) is 0 Å². The van der Waals surface area contributed by atoms with Gasteiger partial charge >= 0.3 is 0 Å². The zero-order valence-electron chi connectivity index (χ0n) is 7.92. The molecule has 0 aliphatic rings. The van der Waals surface area contributed by atoms with Gasteiger partial charge in [-0.3, -0.25) is 4.79 Å². The molecule has 72 valence electrons. The fourth-order valence-electron chi connectivity index (χ4n) is 0.543. The zero-order valence-corrected chi connectivity index (χ0v) is 7.92. The lowest BCUT2D eigenvalue weighted by Crippen LogP contribution is -2.43. The minimum Gasteiger partial charge on any atom is -0.396 e. The van der Waals surface area contributed by atoms with E-state index in [9.17, 15) is 4.79 Å². The lowest BCUT2D eigenvalue weighted by molar-refractivity contribution is -0.122. The monoisotopic (exact) mass is 174 g/mol. The zero-order chi connectivity index (χ0) is 9.78. The van der Waals surface area contributed by atoms with E-state index in [1.54, 1.807) is 6.92 Å². The third-order valence-corrected chi connectivity index (χ3v) is 1.58. The molecule has 1 amide bonds. The second kappa shape index (κ2) is 4.42. The first-order valence-corrected chi connectivity index (χ1v) is 4.03. The summed E-state index contributed by atoms with van der Waals surface area (Å²) < 4.78 is 0. The minimum atomic E-state index is -0.487. The van der Waals surface area contributed by atoms with Crippen molar-refractivity contribution in [2.45, 2.75) is 26.8 Å². The first-order valence-electron chi connectivity index (χ1n) is 4.03. The summed E-state index contributed by atoms with van der Waals surface area (Å²) in [6.45, 7) is 5.86. The van der Waals surface area contributed by atoms with Gasteiger partial charge in [0, 0.05) is 18.6 Å². The van der Waals surface area contributed by atoms with E-state index in [-0.39, 0.29) is 17.9 Å². The number of carbonyl (C=O) groups excluding carboxylic acids is 1. The molecule has 0 saturated carbocycles. The van der Waals surface area contributed by atoms with Gasteiger partial charge in [-0.1, -0.05) is 13.8 Å². The van der Waals surface area contributed by atoms with E-state index < -0.39 is 6.04 Å². The van der Waals surface area contributed by atoms with Crippen LogP contribution in [0.2, 0.25) is 0 Å². The fraction of sp³-hybridized carbons (Fsp3) is 0.875. The number of amides is 1. The van der Waals surface area contributed by atoms with Crippen LogP contribution in [-0.2, 0) is 4.79 Å². The Labute approximate surface area is 73.1 Å². The third-order valence-electron chi connectivity index (χ3n) is 1.58. The summed E-state index contributed by atoms with van der Waals surface area (Å²) in [4.78, 5) is 11.0. The summed E-state index contributed by atoms with van der Waals surface area (Å²) in [5.74, 6) is -0.184. The lowest BCUT2D eigenvalue weighted by Gasteiger charge is -2.22. The maximum atomic E-state index is 11.0. The first kappa shape index (κ1) is 11.4. The Morgan fingerprint density at radius 3 is 2.50 bits per heavy atom. The van der Waals surface area contributed by atoms with E-state index in [1.165, 1.54) is 0 Å². The molecule has 0 fully saturated rings. The van der Waals surface area contributed by atoms with E-state index in [1.807, 2.05) is 13.8 Å². The molecule has 0 rings (SSSR count). The SMILES string of the molecule is C[C@H](N)C(=O)NCC(C)(C)CO. The van der Waals surface area contributed by atoms with E-state index >= 15 is 0 Å². The minimum absolute atomic E-state index is 0.0478. The molecule has 0 spiro atoms. The molecule has 0 aromatic carbocycles. The van der Waals surface area contributed by atoms with Gasteiger partial charge in [-0.15, -0.1) is 0 Å². The van der Waals surface area contributed by atoms with Gasteiger partial charge in [0.25, 0.3) is 0 Å². The molecule has 0 unspecified atom stereocenters. The largest absolute Gasteiger partial charge is 0.396 e. The molecule has 0 aromatic heterocycles. The summed E-state index contributed by atoms with van der Waals surface area (Å²) in [7, 11) is 0. The number of rotatable bonds is 4. The Hall–Kier alpha value is -0.610. The summed E-state index contributed by atoms with van der Waals surface area (Å²) in [6.07, 6.45) is 0. The van der Waals surface area contributed by atoms with Crippen molar-refractivity contribution in [1.29, 1.82) is 0 Å². The van der Waals surface area contributed by atoms with Gasteiger partial charge in [-0.05, 0) is 6.92 Å². The maximum Gasteiger partial charge on any atom is 0.236 e. The van der Waals surface area contributed by atoms with Crippen LogP contribution < -0.4 is 11.1 Å². The van der Waals surface area contributed by atoms with Crippen LogP contribution in [0.4, 0.5) is 0 Å². The van der Waals surface area contributed by atoms with Crippen molar-refractivity contribution in [2.24, 2.45) is 11.1 Å². The molecule has 1 atom stereocenters. The molecule has 0 aliphatic heterocycles. The van der Waals surface area contributed by atoms with Gasteiger partial charge < -0.3 is 16.2 Å². The highest BCUT2D eigenvalue weighted by Crippen LogP contribution is 2.10. The number of carbonyl (C=O) groups is 1. The number of hydrogen-bond donors (Lipinski definition) is 3. The summed E-state index contributed by atoms with van der Waals surface area (Å²) in [6, 6.07) is -0.487. The smallest absolute Gasteiger partial charge is 0.236 e. The molecule has 4 heteroatoms. The van der Waals surface area contributed by atoms with Crippen LogP contribution in [0.1, 0.15) is 20.8 Å². The van der Waals surface area contributed by atoms with Crippen molar-refractivity contribution in [3.8, 4) is 0 Å². The van der Waals surface area contributed by atoms with Gasteiger partial charge in [-0.2, -0.15) is 0 Å². The van der Waals surface area contributed by atoms with Gasteiger partial charge in [0.15, 0.2) is 0 Å². The van der Waals surface area contributed by atoms with E-state index in [0.29, 0.717) is 6.54 Å². The normalized spacial score (nSPS) is 14.1. The van der Waals surface area contributed by atoms with Crippen molar-refractivity contribution in [2.75, 3.05) is 13.2 Å². The van der Waals surface area contributed by atoms with Crippen molar-refractivity contribution >= 4 is 5.91 Å². The Balaban J connectivity index is 3.76. The summed E-state index contributed by atoms with van der Waals surface area (Å²) >= 11 is 0. The van der Waals surface area contributed by atoms with Gasteiger partial charge in [0.1, 0.15) is 0 Å². The average Bonchev–Trinajstić information content (AvgIpc) is 2.00. The van der Waals surface area contributed by atoms with Crippen LogP contribution in [0.25, 0.3) is 0 Å². The van der Waals surface area contributed by atoms with E-state index in [4.69, 9.17) is 10.8 Å². The predicted octanol–water partition coefficient (Wildman–Crippen LogP) is -0.532. The maximum absolute atomic E-state index is 11.0. The molecular weight excluding hydrogens is 156 g/mol. The Kier molecular flexibility index (Phi) is 4.20. The fourth-order valence-corrected chi connectivity index (χ4v) is 0.543. The molecule has 0 bridgehead atoms. The highest BCUT2D eigenvalue weighted by Gasteiger charge is 2.18. The first-order chi connectivity index (χ1) is 5.39. The molecule has 4 N–H and O–H groups in total. The van der Waals surface area contributed by atoms with Crippen LogP contribution in [-0.4, -0.2) is 30.2 Å². The van der Waals surface area contributed by atoms with Crippen molar-refractivity contribution in [1.82, 2.24) is 5.32 Å². The van der Waals surface area contributed by atoms with Crippen molar-refractivity contribution in [3.05, 3.63) is 0 Å². The van der Waals surface area contributed by atoms with Gasteiger partial charge in [0.2, 0.25) is 5.91 Å². The summed E-state index contributed by atoms with van der Waals surface area (Å²) in [5, 5.41) is 11.5. The molecular formula is C8H18N2O2. The van der Waals surface area contributed by atoms with Crippen LogP contribution >= 0.6 is 0 Å². The average molecular weight is 174 g/mol. The Morgan fingerprint density at radius 2 is 2.17 bits per heavy atom.